The van der Waals surface area contributed by atoms with Crippen LogP contribution in [-0.4, -0.2) is 17.5 Å². The van der Waals surface area contributed by atoms with Crippen molar-refractivity contribution in [1.82, 2.24) is 4.98 Å². The van der Waals surface area contributed by atoms with Crippen LogP contribution in [0.5, 0.6) is 0 Å². The van der Waals surface area contributed by atoms with Crippen molar-refractivity contribution in [2.75, 3.05) is 12.5 Å². The molecule has 2 rings (SSSR count). The normalized spacial score (nSPS) is 10.7. The van der Waals surface area contributed by atoms with E-state index >= 15 is 0 Å². The monoisotopic (exact) mass is 221 g/mol. The maximum absolute atomic E-state index is 4.52. The van der Waals surface area contributed by atoms with E-state index in [0.29, 0.717) is 0 Å². The van der Waals surface area contributed by atoms with Crippen molar-refractivity contribution in [1.29, 1.82) is 0 Å². The maximum Gasteiger partial charge on any atom is 0.0964 e. The third-order valence-electron chi connectivity index (χ3n) is 2.08. The van der Waals surface area contributed by atoms with Crippen molar-refractivity contribution in [3.05, 3.63) is 30.3 Å². The Morgan fingerprint density at radius 2 is 1.86 bits per heavy atom. The average molecular weight is 221 g/mol. The van der Waals surface area contributed by atoms with E-state index in [0.717, 1.165) is 10.5 Å². The molecule has 0 unspecified atom stereocenters. The van der Waals surface area contributed by atoms with Gasteiger partial charge in [-0.25, -0.2) is 4.98 Å². The Morgan fingerprint density at radius 3 is 2.57 bits per heavy atom. The van der Waals surface area contributed by atoms with E-state index < -0.39 is 0 Å². The maximum atomic E-state index is 4.52. The van der Waals surface area contributed by atoms with E-state index in [1.54, 1.807) is 23.5 Å². The zero-order chi connectivity index (χ0) is 9.97. The summed E-state index contributed by atoms with van der Waals surface area (Å²) in [5, 5.41) is 2.30. The molecule has 0 radical (unpaired) electrons. The van der Waals surface area contributed by atoms with Crippen LogP contribution in [0.1, 0.15) is 0 Å². The van der Waals surface area contributed by atoms with Gasteiger partial charge < -0.3 is 0 Å². The smallest absolute Gasteiger partial charge is 0.0964 e. The predicted molar refractivity (Wildman–Crippen MR) is 65.3 cm³/mol. The molecule has 0 fully saturated rings. The van der Waals surface area contributed by atoms with Crippen molar-refractivity contribution in [3.63, 3.8) is 0 Å². The van der Waals surface area contributed by atoms with Crippen molar-refractivity contribution < 1.29 is 0 Å². The molecule has 0 amide bonds. The topological polar surface area (TPSA) is 12.9 Å². The van der Waals surface area contributed by atoms with Crippen LogP contribution in [0.2, 0.25) is 0 Å². The molecule has 0 spiro atoms. The summed E-state index contributed by atoms with van der Waals surface area (Å²) < 4.78 is 0. The molecule has 0 aliphatic carbocycles. The van der Waals surface area contributed by atoms with Gasteiger partial charge in [0, 0.05) is 10.3 Å². The lowest BCUT2D eigenvalue weighted by atomic mass is 10.2. The first-order valence-corrected chi connectivity index (χ1v) is 6.77. The molecule has 0 aliphatic rings. The van der Waals surface area contributed by atoms with E-state index in [9.17, 15) is 0 Å². The first-order chi connectivity index (χ1) is 6.83. The van der Waals surface area contributed by atoms with Gasteiger partial charge in [0.15, 0.2) is 0 Å². The third-order valence-corrected chi connectivity index (χ3v) is 3.45. The molecule has 0 bridgehead atoms. The van der Waals surface area contributed by atoms with Crippen LogP contribution in [0.3, 0.4) is 0 Å². The minimum Gasteiger partial charge on any atom is -0.242 e. The van der Waals surface area contributed by atoms with E-state index in [1.807, 2.05) is 6.26 Å². The van der Waals surface area contributed by atoms with Crippen LogP contribution in [0, 0.1) is 0 Å². The molecule has 0 saturated carbocycles. The number of benzene rings is 1. The highest BCUT2D eigenvalue weighted by molar-refractivity contribution is 7.98. The summed E-state index contributed by atoms with van der Waals surface area (Å²) in [6, 6.07) is 10.6. The molecule has 2 aromatic rings. The second-order valence-corrected chi connectivity index (χ2v) is 4.62. The van der Waals surface area contributed by atoms with E-state index in [-0.39, 0.29) is 0 Å². The first kappa shape index (κ1) is 9.87. The molecule has 1 nitrogen and oxygen atoms in total. The van der Waals surface area contributed by atoms with Crippen LogP contribution >= 0.6 is 23.5 Å². The van der Waals surface area contributed by atoms with Gasteiger partial charge in [-0.2, -0.15) is 0 Å². The Kier molecular flexibility index (Phi) is 2.99. The van der Waals surface area contributed by atoms with Crippen molar-refractivity contribution in [3.8, 4) is 0 Å². The molecule has 0 atom stereocenters. The van der Waals surface area contributed by atoms with E-state index in [4.69, 9.17) is 0 Å². The lowest BCUT2D eigenvalue weighted by Gasteiger charge is -2.01. The highest BCUT2D eigenvalue weighted by atomic mass is 32.2. The average Bonchev–Trinajstić information content (AvgIpc) is 2.27. The van der Waals surface area contributed by atoms with Crippen LogP contribution in [0.25, 0.3) is 10.9 Å². The summed E-state index contributed by atoms with van der Waals surface area (Å²) in [7, 11) is 0. The summed E-state index contributed by atoms with van der Waals surface area (Å²) in [6.07, 6.45) is 4.13. The van der Waals surface area contributed by atoms with Gasteiger partial charge in [0.25, 0.3) is 0 Å². The number of hydrogen-bond acceptors (Lipinski definition) is 3. The molecule has 72 valence electrons. The summed E-state index contributed by atoms with van der Waals surface area (Å²) in [6.45, 7) is 0. The van der Waals surface area contributed by atoms with Gasteiger partial charge in [-0.3, -0.25) is 0 Å². The molecule has 1 aromatic heterocycles. The summed E-state index contributed by atoms with van der Waals surface area (Å²) in [5.74, 6) is 0. The number of rotatable bonds is 2. The van der Waals surface area contributed by atoms with Crippen molar-refractivity contribution in [2.24, 2.45) is 0 Å². The van der Waals surface area contributed by atoms with Crippen molar-refractivity contribution in [2.45, 2.75) is 9.92 Å². The number of fused-ring (bicyclic) bond motifs is 1. The fourth-order valence-electron chi connectivity index (χ4n) is 1.33. The SMILES string of the molecule is CSc1ccc2nc(SC)ccc2c1. The fourth-order valence-corrected chi connectivity index (χ4v) is 2.17. The van der Waals surface area contributed by atoms with Crippen molar-refractivity contribution >= 4 is 34.4 Å². The Labute approximate surface area is 92.3 Å². The summed E-state index contributed by atoms with van der Waals surface area (Å²) in [5.41, 5.74) is 1.08. The largest absolute Gasteiger partial charge is 0.242 e. The molecule has 3 heteroatoms. The molecule has 14 heavy (non-hydrogen) atoms. The zero-order valence-electron chi connectivity index (χ0n) is 8.15. The van der Waals surface area contributed by atoms with Gasteiger partial charge in [-0.1, -0.05) is 6.07 Å². The quantitative estimate of drug-likeness (QED) is 0.718. The van der Waals surface area contributed by atoms with Gasteiger partial charge in [-0.15, -0.1) is 23.5 Å². The van der Waals surface area contributed by atoms with Gasteiger partial charge in [0.2, 0.25) is 0 Å². The fraction of sp³-hybridized carbons (Fsp3) is 0.182. The lowest BCUT2D eigenvalue weighted by molar-refractivity contribution is 1.19. The van der Waals surface area contributed by atoms with Gasteiger partial charge >= 0.3 is 0 Å². The second-order valence-electron chi connectivity index (χ2n) is 2.91. The first-order valence-electron chi connectivity index (χ1n) is 4.32. The van der Waals surface area contributed by atoms with Crippen LogP contribution < -0.4 is 0 Å². The Morgan fingerprint density at radius 1 is 1.00 bits per heavy atom. The zero-order valence-corrected chi connectivity index (χ0v) is 9.78. The summed E-state index contributed by atoms with van der Waals surface area (Å²) in [4.78, 5) is 5.81. The Balaban J connectivity index is 2.57. The standard InChI is InChI=1S/C11H11NS2/c1-13-9-4-5-10-8(7-9)3-6-11(12-10)14-2/h3-7H,1-2H3. The van der Waals surface area contributed by atoms with Gasteiger partial charge in [0.1, 0.15) is 0 Å². The van der Waals surface area contributed by atoms with Gasteiger partial charge in [-0.05, 0) is 36.8 Å². The van der Waals surface area contributed by atoms with E-state index in [1.165, 1.54) is 10.3 Å². The number of aromatic nitrogens is 1. The number of pyridine rings is 1. The number of hydrogen-bond donors (Lipinski definition) is 0. The Hall–Kier alpha value is -0.670. The van der Waals surface area contributed by atoms with Gasteiger partial charge in [0.05, 0.1) is 10.5 Å². The Bertz CT molecular complexity index is 411. The molecule has 0 N–H and O–H groups in total. The highest BCUT2D eigenvalue weighted by Crippen LogP contribution is 2.22. The molecule has 1 aromatic carbocycles. The molecule has 0 saturated heterocycles. The number of thioether (sulfide) groups is 2. The molecule has 0 aliphatic heterocycles. The lowest BCUT2D eigenvalue weighted by Crippen LogP contribution is -1.82. The molecular formula is C11H11NS2. The van der Waals surface area contributed by atoms with Crippen LogP contribution in [-0.2, 0) is 0 Å². The van der Waals surface area contributed by atoms with Crippen LogP contribution in [0.15, 0.2) is 40.3 Å². The molecule has 1 heterocycles. The minimum atomic E-state index is 1.08. The minimum absolute atomic E-state index is 1.08. The second kappa shape index (κ2) is 4.24. The summed E-state index contributed by atoms with van der Waals surface area (Å²) >= 11 is 3.44. The number of nitrogens with zero attached hydrogens (tertiary/aromatic N) is 1. The predicted octanol–water partition coefficient (Wildman–Crippen LogP) is 3.68. The van der Waals surface area contributed by atoms with Crippen LogP contribution in [0.4, 0.5) is 0 Å². The highest BCUT2D eigenvalue weighted by Gasteiger charge is 1.98. The molecular weight excluding hydrogens is 210 g/mol. The third kappa shape index (κ3) is 1.88. The van der Waals surface area contributed by atoms with E-state index in [2.05, 4.69) is 41.6 Å².